The molecule has 7 heteroatoms. The second kappa shape index (κ2) is 6.07. The average molecular weight is 304 g/mol. The second-order valence-electron chi connectivity index (χ2n) is 4.75. The molecule has 0 aliphatic carbocycles. The first-order chi connectivity index (χ1) is 11.2. The molecule has 0 aliphatic rings. The molecule has 23 heavy (non-hydrogen) atoms. The first kappa shape index (κ1) is 14.4. The summed E-state index contributed by atoms with van der Waals surface area (Å²) in [5, 5.41) is 0. The number of allylic oxidation sites excluding steroid dienone is 1. The number of nitrogens with zero attached hydrogens (tertiary/aromatic N) is 4. The van der Waals surface area contributed by atoms with Crippen molar-refractivity contribution in [2.45, 2.75) is 6.42 Å². The van der Waals surface area contributed by atoms with Crippen LogP contribution in [0.15, 0.2) is 48.6 Å². The zero-order valence-electron chi connectivity index (χ0n) is 12.0. The second-order valence-corrected chi connectivity index (χ2v) is 4.75. The van der Waals surface area contributed by atoms with Crippen LogP contribution >= 0.6 is 0 Å². The van der Waals surface area contributed by atoms with Crippen LogP contribution in [-0.4, -0.2) is 25.8 Å². The molecule has 7 nitrogen and oxygen atoms in total. The minimum absolute atomic E-state index is 0.0896. The van der Waals surface area contributed by atoms with Gasteiger partial charge < -0.3 is 10.7 Å². The topological polar surface area (TPSA) is 102 Å². The monoisotopic (exact) mass is 304 g/mol. The van der Waals surface area contributed by atoms with Gasteiger partial charge >= 0.3 is 0 Å². The highest BCUT2D eigenvalue weighted by molar-refractivity contribution is 5.93. The van der Waals surface area contributed by atoms with Gasteiger partial charge in [-0.05, 0) is 18.6 Å². The van der Waals surface area contributed by atoms with Gasteiger partial charge in [-0.25, -0.2) is 14.8 Å². The number of carbonyl (C=O) groups excluding carboxylic acids is 1. The highest BCUT2D eigenvalue weighted by Gasteiger charge is 2.10. The Labute approximate surface area is 131 Å². The fourth-order valence-corrected chi connectivity index (χ4v) is 2.14. The van der Waals surface area contributed by atoms with Gasteiger partial charge in [-0.3, -0.25) is 9.78 Å². The molecule has 3 aromatic rings. The number of carbonyl (C=O) groups is 1. The van der Waals surface area contributed by atoms with Gasteiger partial charge in [-0.2, -0.15) is 0 Å². The minimum atomic E-state index is -0.736. The highest BCUT2D eigenvalue weighted by Crippen LogP contribution is 2.20. The van der Waals surface area contributed by atoms with Crippen LogP contribution in [0.4, 0.5) is 0 Å². The molecule has 3 N–H and O–H groups in total. The van der Waals surface area contributed by atoms with Crippen molar-refractivity contribution in [3.8, 4) is 11.4 Å². The number of nitrogens with two attached hydrogens (primary N) is 1. The van der Waals surface area contributed by atoms with E-state index in [1.54, 1.807) is 18.6 Å². The van der Waals surface area contributed by atoms with Crippen molar-refractivity contribution in [1.82, 2.24) is 19.9 Å². The van der Waals surface area contributed by atoms with Crippen LogP contribution in [0.2, 0.25) is 0 Å². The Balaban J connectivity index is 2.00. The SMILES string of the molecule is [C-]#[N+]/C(=C\Cc1c[nH]c2ncc(-c3ccccn3)nc12)C(N)=O. The highest BCUT2D eigenvalue weighted by atomic mass is 16.1. The van der Waals surface area contributed by atoms with Crippen LogP contribution in [0.3, 0.4) is 0 Å². The first-order valence-electron chi connectivity index (χ1n) is 6.81. The molecule has 0 fully saturated rings. The summed E-state index contributed by atoms with van der Waals surface area (Å²) in [7, 11) is 0. The summed E-state index contributed by atoms with van der Waals surface area (Å²) in [6.45, 7) is 6.94. The van der Waals surface area contributed by atoms with E-state index >= 15 is 0 Å². The smallest absolute Gasteiger partial charge is 0.247 e. The Morgan fingerprint density at radius 2 is 2.22 bits per heavy atom. The zero-order valence-corrected chi connectivity index (χ0v) is 12.0. The number of aromatic nitrogens is 4. The maximum atomic E-state index is 11.1. The molecule has 3 aromatic heterocycles. The fourth-order valence-electron chi connectivity index (χ4n) is 2.14. The van der Waals surface area contributed by atoms with Crippen LogP contribution in [0.25, 0.3) is 27.4 Å². The van der Waals surface area contributed by atoms with Crippen molar-refractivity contribution in [2.24, 2.45) is 5.73 Å². The molecule has 0 spiro atoms. The predicted octanol–water partition coefficient (Wildman–Crippen LogP) is 1.85. The van der Waals surface area contributed by atoms with Crippen molar-refractivity contribution in [3.63, 3.8) is 0 Å². The number of H-pyrrole nitrogens is 1. The summed E-state index contributed by atoms with van der Waals surface area (Å²) < 4.78 is 0. The van der Waals surface area contributed by atoms with E-state index in [1.165, 1.54) is 6.08 Å². The van der Waals surface area contributed by atoms with Gasteiger partial charge in [-0.15, -0.1) is 0 Å². The number of primary amides is 1. The fraction of sp³-hybridized carbons (Fsp3) is 0.0625. The van der Waals surface area contributed by atoms with Crippen LogP contribution in [0.1, 0.15) is 5.56 Å². The summed E-state index contributed by atoms with van der Waals surface area (Å²) in [6.07, 6.45) is 6.95. The van der Waals surface area contributed by atoms with Gasteiger partial charge in [0.15, 0.2) is 5.65 Å². The van der Waals surface area contributed by atoms with Gasteiger partial charge in [0.25, 0.3) is 0 Å². The van der Waals surface area contributed by atoms with Gasteiger partial charge in [0.2, 0.25) is 11.6 Å². The van der Waals surface area contributed by atoms with E-state index in [2.05, 4.69) is 24.8 Å². The van der Waals surface area contributed by atoms with Gasteiger partial charge in [-0.1, -0.05) is 12.1 Å². The number of rotatable bonds is 4. The standard InChI is InChI=1S/C16H12N6O/c1-18-12(15(17)23)6-5-10-8-20-16-14(10)22-13(9-21-16)11-4-2-3-7-19-11/h2-4,6-9H,5H2,(H2,17,23)(H,20,21)/b12-6-. The summed E-state index contributed by atoms with van der Waals surface area (Å²) >= 11 is 0. The van der Waals surface area contributed by atoms with Gasteiger partial charge in [0, 0.05) is 18.0 Å². The first-order valence-corrected chi connectivity index (χ1v) is 6.81. The molecule has 3 rings (SSSR count). The lowest BCUT2D eigenvalue weighted by Crippen LogP contribution is -2.11. The molecular weight excluding hydrogens is 292 g/mol. The molecule has 0 atom stereocenters. The van der Waals surface area contributed by atoms with Crippen LogP contribution in [0.5, 0.6) is 0 Å². The third-order valence-corrected chi connectivity index (χ3v) is 3.28. The lowest BCUT2D eigenvalue weighted by molar-refractivity contribution is -0.114. The van der Waals surface area contributed by atoms with Crippen molar-refractivity contribution in [3.05, 3.63) is 65.5 Å². The summed E-state index contributed by atoms with van der Waals surface area (Å²) in [5.74, 6) is -0.736. The van der Waals surface area contributed by atoms with Crippen molar-refractivity contribution < 1.29 is 4.79 Å². The van der Waals surface area contributed by atoms with E-state index in [1.807, 2.05) is 18.2 Å². The van der Waals surface area contributed by atoms with E-state index < -0.39 is 5.91 Å². The minimum Gasteiger partial charge on any atom is -0.375 e. The maximum Gasteiger partial charge on any atom is 0.247 e. The Morgan fingerprint density at radius 1 is 1.35 bits per heavy atom. The third-order valence-electron chi connectivity index (χ3n) is 3.28. The molecule has 0 aromatic carbocycles. The van der Waals surface area contributed by atoms with Crippen molar-refractivity contribution in [1.29, 1.82) is 0 Å². The predicted molar refractivity (Wildman–Crippen MR) is 84.7 cm³/mol. The molecule has 0 radical (unpaired) electrons. The van der Waals surface area contributed by atoms with Crippen LogP contribution < -0.4 is 5.73 Å². The summed E-state index contributed by atoms with van der Waals surface area (Å²) in [6, 6.07) is 5.56. The third kappa shape index (κ3) is 2.91. The number of pyridine rings is 1. The largest absolute Gasteiger partial charge is 0.375 e. The Hall–Kier alpha value is -3.53. The molecule has 0 unspecified atom stereocenters. The normalized spacial score (nSPS) is 11.3. The van der Waals surface area contributed by atoms with E-state index in [-0.39, 0.29) is 5.70 Å². The van der Waals surface area contributed by atoms with E-state index in [0.29, 0.717) is 23.3 Å². The Morgan fingerprint density at radius 3 is 2.91 bits per heavy atom. The molecule has 0 saturated carbocycles. The molecule has 112 valence electrons. The maximum absolute atomic E-state index is 11.1. The molecule has 3 heterocycles. The van der Waals surface area contributed by atoms with Crippen molar-refractivity contribution in [2.75, 3.05) is 0 Å². The number of aromatic amines is 1. The molecular formula is C16H12N6O. The van der Waals surface area contributed by atoms with E-state index in [9.17, 15) is 4.79 Å². The Bertz CT molecular complexity index is 936. The van der Waals surface area contributed by atoms with Crippen molar-refractivity contribution >= 4 is 17.1 Å². The molecule has 0 saturated heterocycles. The zero-order chi connectivity index (χ0) is 16.2. The lowest BCUT2D eigenvalue weighted by atomic mass is 10.2. The summed E-state index contributed by atoms with van der Waals surface area (Å²) in [5.41, 5.74) is 8.57. The number of nitrogens with one attached hydrogen (secondary N) is 1. The molecule has 0 aliphatic heterocycles. The van der Waals surface area contributed by atoms with E-state index in [0.717, 1.165) is 11.3 Å². The number of amides is 1. The van der Waals surface area contributed by atoms with Crippen LogP contribution in [-0.2, 0) is 11.2 Å². The van der Waals surface area contributed by atoms with Gasteiger partial charge in [0.1, 0.15) is 11.2 Å². The van der Waals surface area contributed by atoms with Gasteiger partial charge in [0.05, 0.1) is 18.5 Å². The van der Waals surface area contributed by atoms with Crippen LogP contribution in [0, 0.1) is 6.57 Å². The molecule has 0 bridgehead atoms. The summed E-state index contributed by atoms with van der Waals surface area (Å²) in [4.78, 5) is 30.4. The lowest BCUT2D eigenvalue weighted by Gasteiger charge is -2.00. The Kier molecular flexibility index (Phi) is 3.80. The number of hydrogen-bond donors (Lipinski definition) is 2. The quantitative estimate of drug-likeness (QED) is 0.567. The average Bonchev–Trinajstić information content (AvgIpc) is 2.98. The van der Waals surface area contributed by atoms with E-state index in [4.69, 9.17) is 12.3 Å². The number of hydrogen-bond acceptors (Lipinski definition) is 4. The number of fused-ring (bicyclic) bond motifs is 1. The molecule has 1 amide bonds.